The molecule has 1 aliphatic heterocycles. The molecule has 1 saturated heterocycles. The number of ketones is 1. The number of piperazine rings is 1. The van der Waals surface area contributed by atoms with Crippen molar-refractivity contribution in [3.05, 3.63) is 47.1 Å². The number of aliphatic imine (C=N–C) groups is 2. The Kier molecular flexibility index (Phi) is 36.6. The number of carbonyl (C=O) groups is 3. The van der Waals surface area contributed by atoms with Gasteiger partial charge in [-0.05, 0) is 58.2 Å². The Morgan fingerprint density at radius 2 is 1.63 bits per heavy atom. The summed E-state index contributed by atoms with van der Waals surface area (Å²) in [6.45, 7) is 26.9. The van der Waals surface area contributed by atoms with E-state index in [2.05, 4.69) is 76.8 Å². The number of benzene rings is 1. The number of unbranched alkanes of at least 4 members (excludes halogenated alkanes) is 1. The number of aliphatic hydroxyl groups excluding tert-OH is 1. The van der Waals surface area contributed by atoms with Crippen LogP contribution in [-0.4, -0.2) is 130 Å². The van der Waals surface area contributed by atoms with Crippen molar-refractivity contribution in [3.63, 3.8) is 0 Å². The molecular formula is C40H72F3N9O5. The van der Waals surface area contributed by atoms with Crippen LogP contribution >= 0.6 is 0 Å². The molecule has 0 saturated carbocycles. The lowest BCUT2D eigenvalue weighted by Crippen LogP contribution is -2.48. The summed E-state index contributed by atoms with van der Waals surface area (Å²) in [6.07, 6.45) is 1.66. The molecule has 0 atom stereocenters. The Hall–Kier alpha value is -4.93. The average Bonchev–Trinajstić information content (AvgIpc) is 3.21. The van der Waals surface area contributed by atoms with Crippen LogP contribution in [0, 0.1) is 5.92 Å². The van der Waals surface area contributed by atoms with E-state index in [0.29, 0.717) is 30.7 Å². The molecule has 0 unspecified atom stereocenters. The molecule has 0 bridgehead atoms. The van der Waals surface area contributed by atoms with E-state index in [1.165, 1.54) is 46.3 Å². The SMILES string of the molecule is C=NCC.C=NN(CC=O)C(=O)/C(=C(/CC)NC)N1CCN(C)CC1.CC.CCCCC(C)C.CN=C(C)C(=O)/C(N)=C\O.CNc1ccc(C(F)(F)F)cc1O. The summed E-state index contributed by atoms with van der Waals surface area (Å²) in [5.74, 6) is -0.227. The molecule has 57 heavy (non-hydrogen) atoms. The first-order valence-electron chi connectivity index (χ1n) is 19.0. The number of hydrogen-bond acceptors (Lipinski definition) is 13. The number of hydrogen-bond donors (Lipinski definition) is 5. The van der Waals surface area contributed by atoms with Crippen molar-refractivity contribution < 1.29 is 37.8 Å². The van der Waals surface area contributed by atoms with Crippen LogP contribution in [0.4, 0.5) is 18.9 Å². The van der Waals surface area contributed by atoms with Gasteiger partial charge in [-0.2, -0.15) is 18.3 Å². The number of halogens is 3. The average molecular weight is 816 g/mol. The number of nitrogens with zero attached hydrogens (tertiary/aromatic N) is 6. The maximum atomic E-state index is 12.7. The van der Waals surface area contributed by atoms with E-state index in [1.807, 2.05) is 27.7 Å². The van der Waals surface area contributed by atoms with E-state index in [0.717, 1.165) is 55.4 Å². The highest BCUT2D eigenvalue weighted by atomic mass is 19.4. The van der Waals surface area contributed by atoms with Crippen molar-refractivity contribution in [3.8, 4) is 5.75 Å². The molecule has 1 aromatic rings. The van der Waals surface area contributed by atoms with Gasteiger partial charge >= 0.3 is 6.18 Å². The number of aliphatic hydroxyl groups is 1. The summed E-state index contributed by atoms with van der Waals surface area (Å²) in [5.41, 5.74) is 6.01. The van der Waals surface area contributed by atoms with E-state index in [-0.39, 0.29) is 29.5 Å². The summed E-state index contributed by atoms with van der Waals surface area (Å²) >= 11 is 0. The van der Waals surface area contributed by atoms with E-state index < -0.39 is 23.3 Å². The fourth-order valence-corrected chi connectivity index (χ4v) is 4.25. The Bertz CT molecular complexity index is 1350. The fourth-order valence-electron chi connectivity index (χ4n) is 4.25. The molecule has 328 valence electrons. The monoisotopic (exact) mass is 816 g/mol. The number of aldehydes is 1. The van der Waals surface area contributed by atoms with Crippen LogP contribution in [0.1, 0.15) is 86.6 Å². The van der Waals surface area contributed by atoms with Crippen molar-refractivity contribution in [1.82, 2.24) is 20.1 Å². The summed E-state index contributed by atoms with van der Waals surface area (Å²) < 4.78 is 36.2. The molecule has 6 N–H and O–H groups in total. The van der Waals surface area contributed by atoms with Gasteiger partial charge in [0.1, 0.15) is 36.2 Å². The molecule has 1 fully saturated rings. The number of hydrazone groups is 1. The highest BCUT2D eigenvalue weighted by molar-refractivity contribution is 6.44. The zero-order valence-corrected chi connectivity index (χ0v) is 36.5. The molecular weight excluding hydrogens is 743 g/mol. The predicted molar refractivity (Wildman–Crippen MR) is 230 cm³/mol. The van der Waals surface area contributed by atoms with Gasteiger partial charge in [0, 0.05) is 66.3 Å². The summed E-state index contributed by atoms with van der Waals surface area (Å²) in [7, 11) is 6.86. The van der Waals surface area contributed by atoms with Crippen LogP contribution in [-0.2, 0) is 20.6 Å². The Balaban J connectivity index is -0.000000335. The van der Waals surface area contributed by atoms with Crippen molar-refractivity contribution in [2.24, 2.45) is 26.7 Å². The van der Waals surface area contributed by atoms with Crippen molar-refractivity contribution in [2.75, 3.05) is 72.8 Å². The Morgan fingerprint density at radius 3 is 1.95 bits per heavy atom. The lowest BCUT2D eigenvalue weighted by Gasteiger charge is -2.36. The quantitative estimate of drug-likeness (QED) is 0.0336. The van der Waals surface area contributed by atoms with Crippen molar-refractivity contribution in [1.29, 1.82) is 0 Å². The highest BCUT2D eigenvalue weighted by Gasteiger charge is 2.31. The van der Waals surface area contributed by atoms with Gasteiger partial charge in [-0.3, -0.25) is 14.6 Å². The third kappa shape index (κ3) is 26.5. The number of allylic oxidation sites excluding steroid dienone is 2. The molecule has 17 heteroatoms. The predicted octanol–water partition coefficient (Wildman–Crippen LogP) is 6.74. The number of aromatic hydroxyl groups is 1. The summed E-state index contributed by atoms with van der Waals surface area (Å²) in [5, 5.41) is 27.8. The first kappa shape index (κ1) is 58.8. The molecule has 14 nitrogen and oxygen atoms in total. The molecule has 1 aromatic carbocycles. The van der Waals surface area contributed by atoms with Crippen molar-refractivity contribution in [2.45, 2.75) is 87.2 Å². The second kappa shape index (κ2) is 35.5. The van der Waals surface area contributed by atoms with Gasteiger partial charge in [0.05, 0.1) is 17.0 Å². The minimum absolute atomic E-state index is 0.0831. The molecule has 1 amide bonds. The largest absolute Gasteiger partial charge is 0.513 e. The van der Waals surface area contributed by atoms with Gasteiger partial charge in [0.2, 0.25) is 5.78 Å². The zero-order valence-electron chi connectivity index (χ0n) is 36.5. The lowest BCUT2D eigenvalue weighted by atomic mass is 10.1. The number of phenols is 1. The van der Waals surface area contributed by atoms with E-state index in [9.17, 15) is 27.6 Å². The van der Waals surface area contributed by atoms with Crippen LogP contribution in [0.3, 0.4) is 0 Å². The number of Topliss-reactive ketones (excluding diaryl/α,β-unsaturated/α-hetero) is 1. The van der Waals surface area contributed by atoms with Gasteiger partial charge in [-0.25, -0.2) is 5.01 Å². The van der Waals surface area contributed by atoms with Gasteiger partial charge in [-0.1, -0.05) is 60.8 Å². The van der Waals surface area contributed by atoms with Gasteiger partial charge < -0.3 is 46.2 Å². The number of carbonyl (C=O) groups excluding carboxylic acids is 3. The standard InChI is InChI=1S/C14H25N5O2.C8H8F3NO.C7H16.C6H10N2O2.C3H7N.C2H6/c1-5-12(15-2)13(14(21)19(16-3)10-11-20)18-8-6-17(4)7-9-18;1-12-6-3-2-5(4-7(6)13)8(9,10)11;1-4-5-6-7(2)3;1-4(8-2)6(10)5(7)3-9;1-3-4-2;1-2/h11,15H,3,5-10H2,1-2,4H3;2-4,12-13H,1H3;7H,4-6H2,1-3H3;3,9H,7H2,1-2H3;2-3H2,1H3;1-2H3/b13-12+;;;5-3+,8-4?;;. The van der Waals surface area contributed by atoms with Crippen LogP contribution in [0.25, 0.3) is 0 Å². The number of phenolic OH excluding ortho intramolecular Hbond substituents is 1. The number of amides is 1. The lowest BCUT2D eigenvalue weighted by molar-refractivity contribution is -0.137. The second-order valence-electron chi connectivity index (χ2n) is 12.2. The maximum absolute atomic E-state index is 12.7. The smallest absolute Gasteiger partial charge is 0.416 e. The Labute approximate surface area is 339 Å². The topological polar surface area (TPSA) is 189 Å². The van der Waals surface area contributed by atoms with Crippen LogP contribution in [0.2, 0.25) is 0 Å². The van der Waals surface area contributed by atoms with E-state index in [4.69, 9.17) is 15.9 Å². The maximum Gasteiger partial charge on any atom is 0.416 e. The van der Waals surface area contributed by atoms with Gasteiger partial charge in [0.15, 0.2) is 0 Å². The first-order chi connectivity index (χ1) is 26.8. The number of rotatable bonds is 14. The van der Waals surface area contributed by atoms with Crippen LogP contribution in [0.15, 0.2) is 56.6 Å². The molecule has 0 spiro atoms. The number of nitrogens with one attached hydrogen (secondary N) is 2. The van der Waals surface area contributed by atoms with Crippen LogP contribution < -0.4 is 16.4 Å². The van der Waals surface area contributed by atoms with Gasteiger partial charge in [-0.15, -0.1) is 0 Å². The van der Waals surface area contributed by atoms with Gasteiger partial charge in [0.25, 0.3) is 5.91 Å². The number of likely N-dealkylation sites (N-methyl/N-ethyl adjacent to an activating group) is 1. The third-order valence-electron chi connectivity index (χ3n) is 7.63. The van der Waals surface area contributed by atoms with E-state index >= 15 is 0 Å². The minimum Gasteiger partial charge on any atom is -0.513 e. The third-order valence-corrected chi connectivity index (χ3v) is 7.63. The molecule has 0 radical (unpaired) electrons. The number of alkyl halides is 3. The number of nitrogens with two attached hydrogens (primary N) is 1. The summed E-state index contributed by atoms with van der Waals surface area (Å²) in [4.78, 5) is 45.6. The second-order valence-corrected chi connectivity index (χ2v) is 12.2. The minimum atomic E-state index is -4.41. The molecule has 0 aromatic heterocycles. The normalized spacial score (nSPS) is 13.0. The summed E-state index contributed by atoms with van der Waals surface area (Å²) in [6, 6.07) is 2.77. The fraction of sp³-hybridized carbons (Fsp3) is 0.600. The zero-order chi connectivity index (χ0) is 45.1. The molecule has 2 rings (SSSR count). The molecule has 1 aliphatic rings. The molecule has 1 heterocycles. The number of anilines is 1. The Morgan fingerprint density at radius 1 is 1.09 bits per heavy atom. The van der Waals surface area contributed by atoms with Crippen LogP contribution in [0.5, 0.6) is 5.75 Å². The highest BCUT2D eigenvalue weighted by Crippen LogP contribution is 2.34. The molecule has 0 aliphatic carbocycles. The van der Waals surface area contributed by atoms with Crippen molar-refractivity contribution >= 4 is 42.8 Å². The van der Waals surface area contributed by atoms with E-state index in [1.54, 1.807) is 7.05 Å². The first-order valence-corrected chi connectivity index (χ1v) is 19.0.